The number of aromatic hydroxyl groups is 1. The largest absolute Gasteiger partial charge is 0.507 e. The quantitative estimate of drug-likeness (QED) is 0.0997. The molecular formula is C50H62N4O13. The van der Waals surface area contributed by atoms with Crippen LogP contribution < -0.4 is 31.0 Å². The lowest BCUT2D eigenvalue weighted by Crippen LogP contribution is -2.46. The summed E-state index contributed by atoms with van der Waals surface area (Å²) < 4.78 is 30.5. The Labute approximate surface area is 387 Å². The van der Waals surface area contributed by atoms with Crippen LogP contribution in [0.15, 0.2) is 62.3 Å². The normalized spacial score (nSPS) is 29.7. The van der Waals surface area contributed by atoms with E-state index >= 15 is 0 Å². The van der Waals surface area contributed by atoms with Gasteiger partial charge in [-0.25, -0.2) is 4.98 Å². The number of allylic oxidation sites excluding steroid dienone is 2. The maximum Gasteiger partial charge on any atom is 0.307 e. The van der Waals surface area contributed by atoms with Crippen molar-refractivity contribution in [3.05, 3.63) is 79.5 Å². The van der Waals surface area contributed by atoms with Gasteiger partial charge >= 0.3 is 11.8 Å². The van der Waals surface area contributed by atoms with Crippen molar-refractivity contribution in [3.63, 3.8) is 0 Å². The number of methoxy groups -OCH3 is 1. The average molecular weight is 927 g/mol. The predicted octanol–water partition coefficient (Wildman–Crippen LogP) is 5.09. The van der Waals surface area contributed by atoms with Gasteiger partial charge in [-0.2, -0.15) is 0 Å². The van der Waals surface area contributed by atoms with Crippen molar-refractivity contribution in [3.8, 4) is 11.5 Å². The van der Waals surface area contributed by atoms with Crippen LogP contribution in [-0.2, 0) is 23.8 Å². The number of anilines is 2. The molecule has 9 atom stereocenters. The molecule has 3 aromatic carbocycles. The van der Waals surface area contributed by atoms with Crippen LogP contribution in [0.5, 0.6) is 11.5 Å². The van der Waals surface area contributed by atoms with E-state index in [1.807, 2.05) is 0 Å². The molecule has 17 heteroatoms. The van der Waals surface area contributed by atoms with Crippen molar-refractivity contribution in [1.29, 1.82) is 0 Å². The second-order valence-corrected chi connectivity index (χ2v) is 18.4. The summed E-state index contributed by atoms with van der Waals surface area (Å²) in [6.45, 7) is 18.6. The molecule has 9 unspecified atom stereocenters. The molecule has 5 N–H and O–H groups in total. The Morgan fingerprint density at radius 1 is 0.955 bits per heavy atom. The number of benzene rings is 3. The molecule has 3 aliphatic heterocycles. The van der Waals surface area contributed by atoms with Crippen molar-refractivity contribution >= 4 is 62.0 Å². The number of rotatable bonds is 5. The third-order valence-electron chi connectivity index (χ3n) is 13.7. The SMILES string of the molecule is CCCN1CCN(c2cc(=O)c3nc4c(oc3c2)c2c(=O)c3c(O)c(C)c5c(c34)=C(O)C(C)(O/C=C/C(OC)C(C)C(OC(C)=O)C(C)C(O)C(C)C(O)C(C)/C=C/C=C(/C)C(=O)N2)O5)CC1. The van der Waals surface area contributed by atoms with Gasteiger partial charge in [0.15, 0.2) is 22.4 Å². The highest BCUT2D eigenvalue weighted by Gasteiger charge is 2.44. The first-order valence-corrected chi connectivity index (χ1v) is 22.8. The molecular weight excluding hydrogens is 865 g/mol. The Hall–Kier alpha value is -6.01. The van der Waals surface area contributed by atoms with E-state index < -0.39 is 88.1 Å². The highest BCUT2D eigenvalue weighted by molar-refractivity contribution is 6.16. The molecule has 1 amide bonds. The van der Waals surface area contributed by atoms with Crippen LogP contribution in [0.2, 0.25) is 0 Å². The smallest absolute Gasteiger partial charge is 0.307 e. The van der Waals surface area contributed by atoms with E-state index in [0.29, 0.717) is 18.8 Å². The standard InChI is InChI=1S/C50H62N4O13/c1-11-16-53-17-19-54(20-18-53)31-22-32(56)38-34(23-31)66-47-39(51-38)35-36-43(59)29(7)46-37(35)48(61)50(9,67-46)64-21-15-33(63-10)26(4)45(65-30(8)55)28(6)42(58)27(5)41(57)24(2)13-12-14-25(3)49(62)52-40(47)44(36)60/h12-15,21-24,26-28,33,41-42,45,57-59,61H,11,16-20H2,1-10H3,(H,52,62)/b13-12+,21-15+,25-14-. The molecule has 7 rings (SSSR count). The first kappa shape index (κ1) is 48.9. The number of ether oxygens (including phenoxy) is 4. The lowest BCUT2D eigenvalue weighted by molar-refractivity contribution is -0.160. The van der Waals surface area contributed by atoms with Crippen LogP contribution >= 0.6 is 0 Å². The zero-order chi connectivity index (χ0) is 48.8. The molecule has 1 fully saturated rings. The average Bonchev–Trinajstić information content (AvgIpc) is 3.56. The minimum atomic E-state index is -1.98. The maximum atomic E-state index is 14.9. The van der Waals surface area contributed by atoms with Gasteiger partial charge in [0.2, 0.25) is 10.9 Å². The van der Waals surface area contributed by atoms with E-state index in [1.54, 1.807) is 45.9 Å². The number of phenolic OH excluding ortho intramolecular Hbond substituents is 1. The lowest BCUT2D eigenvalue weighted by Gasteiger charge is -2.38. The molecule has 4 heterocycles. The van der Waals surface area contributed by atoms with Crippen LogP contribution in [0.25, 0.3) is 38.7 Å². The van der Waals surface area contributed by atoms with Gasteiger partial charge in [-0.3, -0.25) is 24.1 Å². The van der Waals surface area contributed by atoms with Crippen LogP contribution in [0.1, 0.15) is 67.4 Å². The van der Waals surface area contributed by atoms with Gasteiger partial charge in [0.1, 0.15) is 28.8 Å². The van der Waals surface area contributed by atoms with Gasteiger partial charge in [0.05, 0.1) is 35.2 Å². The number of carbonyl (C=O) groups excluding carboxylic acids is 2. The number of aliphatic hydroxyl groups is 3. The number of amides is 1. The third-order valence-corrected chi connectivity index (χ3v) is 13.7. The number of aromatic nitrogens is 1. The zero-order valence-corrected chi connectivity index (χ0v) is 39.7. The number of nitrogens with zero attached hydrogens (tertiary/aromatic N) is 3. The first-order valence-electron chi connectivity index (χ1n) is 22.8. The van der Waals surface area contributed by atoms with Gasteiger partial charge < -0.3 is 54.0 Å². The van der Waals surface area contributed by atoms with Gasteiger partial charge in [-0.1, -0.05) is 52.8 Å². The van der Waals surface area contributed by atoms with E-state index in [0.717, 1.165) is 26.1 Å². The zero-order valence-electron chi connectivity index (χ0n) is 39.7. The Morgan fingerprint density at radius 2 is 1.66 bits per heavy atom. The molecule has 360 valence electrons. The van der Waals surface area contributed by atoms with Crippen molar-refractivity contribution in [2.75, 3.05) is 50.1 Å². The van der Waals surface area contributed by atoms with Crippen LogP contribution in [-0.4, -0.2) is 112 Å². The van der Waals surface area contributed by atoms with Crippen LogP contribution in [0.3, 0.4) is 0 Å². The summed E-state index contributed by atoms with van der Waals surface area (Å²) in [6, 6.07) is 3.15. The van der Waals surface area contributed by atoms with Crippen LogP contribution in [0.4, 0.5) is 11.4 Å². The molecule has 4 aromatic rings. The van der Waals surface area contributed by atoms with Crippen molar-refractivity contribution in [1.82, 2.24) is 9.88 Å². The fourth-order valence-electron chi connectivity index (χ4n) is 9.61. The Balaban J connectivity index is 1.46. The fraction of sp³-hybridized carbons (Fsp3) is 0.500. The van der Waals surface area contributed by atoms with Gasteiger partial charge in [-0.15, -0.1) is 0 Å². The van der Waals surface area contributed by atoms with Gasteiger partial charge in [0, 0.05) is 105 Å². The number of aliphatic hydroxyl groups excluding tert-OH is 3. The summed E-state index contributed by atoms with van der Waals surface area (Å²) in [7, 11) is 1.45. The summed E-state index contributed by atoms with van der Waals surface area (Å²) in [6.07, 6.45) is 4.59. The predicted molar refractivity (Wildman–Crippen MR) is 254 cm³/mol. The number of piperazine rings is 1. The first-order chi connectivity index (χ1) is 31.7. The fourth-order valence-corrected chi connectivity index (χ4v) is 9.61. The van der Waals surface area contributed by atoms with E-state index in [1.165, 1.54) is 59.3 Å². The topological polar surface area (TPSA) is 231 Å². The minimum Gasteiger partial charge on any atom is -0.507 e. The molecule has 0 aliphatic carbocycles. The molecule has 0 saturated carbocycles. The van der Waals surface area contributed by atoms with E-state index in [9.17, 15) is 39.6 Å². The Kier molecular flexibility index (Phi) is 14.1. The molecule has 0 spiro atoms. The highest BCUT2D eigenvalue weighted by atomic mass is 16.7. The summed E-state index contributed by atoms with van der Waals surface area (Å²) in [4.78, 5) is 64.6. The van der Waals surface area contributed by atoms with Crippen molar-refractivity contribution in [2.24, 2.45) is 23.7 Å². The summed E-state index contributed by atoms with van der Waals surface area (Å²) >= 11 is 0. The number of fused-ring (bicyclic) bond motifs is 5. The molecule has 5 bridgehead atoms. The second-order valence-electron chi connectivity index (χ2n) is 18.4. The Morgan fingerprint density at radius 3 is 2.31 bits per heavy atom. The Bertz CT molecular complexity index is 2870. The monoisotopic (exact) mass is 926 g/mol. The highest BCUT2D eigenvalue weighted by Crippen LogP contribution is 2.42. The number of esters is 1. The molecule has 67 heavy (non-hydrogen) atoms. The minimum absolute atomic E-state index is 0.0403. The number of nitrogens with one attached hydrogen (secondary N) is 1. The molecule has 1 saturated heterocycles. The van der Waals surface area contributed by atoms with E-state index in [-0.39, 0.29) is 60.8 Å². The number of hydrogen-bond acceptors (Lipinski definition) is 16. The molecule has 0 radical (unpaired) electrons. The summed E-state index contributed by atoms with van der Waals surface area (Å²) in [5, 5.41) is 49.3. The molecule has 17 nitrogen and oxygen atoms in total. The number of carbonyl (C=O) groups is 2. The summed E-state index contributed by atoms with van der Waals surface area (Å²) in [5.74, 6) is -6.92. The van der Waals surface area contributed by atoms with Crippen LogP contribution in [0, 0.1) is 30.6 Å². The lowest BCUT2D eigenvalue weighted by atomic mass is 9.78. The third kappa shape index (κ3) is 9.09. The number of hydrogen-bond donors (Lipinski definition) is 5. The van der Waals surface area contributed by atoms with E-state index in [4.69, 9.17) is 28.3 Å². The van der Waals surface area contributed by atoms with E-state index in [2.05, 4.69) is 22.0 Å². The van der Waals surface area contributed by atoms with Gasteiger partial charge in [-0.05, 0) is 32.9 Å². The molecule has 1 aromatic heterocycles. The maximum absolute atomic E-state index is 14.9. The second kappa shape index (κ2) is 19.3. The van der Waals surface area contributed by atoms with Crippen molar-refractivity contribution < 1.29 is 53.4 Å². The van der Waals surface area contributed by atoms with Gasteiger partial charge in [0.25, 0.3) is 5.91 Å². The number of phenols is 1. The summed E-state index contributed by atoms with van der Waals surface area (Å²) in [5.41, 5.74) is -1.34. The molecule has 3 aliphatic rings. The van der Waals surface area contributed by atoms with Crippen molar-refractivity contribution in [2.45, 2.75) is 98.9 Å².